The lowest BCUT2D eigenvalue weighted by Gasteiger charge is -2.11. The van der Waals surface area contributed by atoms with Crippen molar-refractivity contribution in [2.45, 2.75) is 39.2 Å². The molecule has 1 amide bonds. The van der Waals surface area contributed by atoms with E-state index in [-0.39, 0.29) is 11.9 Å². The molecule has 1 atom stereocenters. The van der Waals surface area contributed by atoms with Crippen LogP contribution in [-0.4, -0.2) is 11.9 Å². The van der Waals surface area contributed by atoms with Gasteiger partial charge in [-0.1, -0.05) is 25.5 Å². The average molecular weight is 220 g/mol. The van der Waals surface area contributed by atoms with Crippen molar-refractivity contribution >= 4 is 11.6 Å². The fraction of sp³-hybridized carbons (Fsp3) is 0.462. The Hall–Kier alpha value is -1.35. The summed E-state index contributed by atoms with van der Waals surface area (Å²) in [5.74, 6) is -0.0463. The summed E-state index contributed by atoms with van der Waals surface area (Å²) < 4.78 is 0. The van der Waals surface area contributed by atoms with Crippen molar-refractivity contribution in [1.29, 1.82) is 0 Å². The molecule has 3 nitrogen and oxygen atoms in total. The summed E-state index contributed by atoms with van der Waals surface area (Å²) in [6.07, 6.45) is 3.00. The highest BCUT2D eigenvalue weighted by Gasteiger charge is 2.04. The molecule has 0 aliphatic rings. The third kappa shape index (κ3) is 4.45. The number of rotatable bonds is 5. The molecule has 1 rings (SSSR count). The summed E-state index contributed by atoms with van der Waals surface area (Å²) in [4.78, 5) is 10.9. The molecule has 1 unspecified atom stereocenters. The monoisotopic (exact) mass is 220 g/mol. The number of benzene rings is 1. The van der Waals surface area contributed by atoms with Gasteiger partial charge in [0.25, 0.3) is 0 Å². The molecule has 3 N–H and O–H groups in total. The maximum Gasteiger partial charge on any atom is 0.221 e. The second-order valence-corrected chi connectivity index (χ2v) is 4.13. The molecular formula is C13H20N2O. The summed E-state index contributed by atoms with van der Waals surface area (Å²) in [5.41, 5.74) is 7.99. The van der Waals surface area contributed by atoms with E-state index >= 15 is 0 Å². The van der Waals surface area contributed by atoms with Gasteiger partial charge in [0.1, 0.15) is 0 Å². The van der Waals surface area contributed by atoms with Gasteiger partial charge < -0.3 is 11.1 Å². The first-order chi connectivity index (χ1) is 7.61. The molecule has 1 aromatic carbocycles. The number of amides is 1. The molecule has 0 saturated heterocycles. The molecule has 88 valence electrons. The molecule has 0 bridgehead atoms. The highest BCUT2D eigenvalue weighted by molar-refractivity contribution is 5.88. The van der Waals surface area contributed by atoms with E-state index in [0.29, 0.717) is 0 Å². The van der Waals surface area contributed by atoms with E-state index in [4.69, 9.17) is 5.73 Å². The predicted molar refractivity (Wildman–Crippen MR) is 67.3 cm³/mol. The van der Waals surface area contributed by atoms with Crippen molar-refractivity contribution in [1.82, 2.24) is 0 Å². The van der Waals surface area contributed by atoms with Gasteiger partial charge in [-0.15, -0.1) is 0 Å². The van der Waals surface area contributed by atoms with Gasteiger partial charge in [-0.2, -0.15) is 0 Å². The topological polar surface area (TPSA) is 55.1 Å². The molecule has 0 aliphatic heterocycles. The third-order valence-corrected chi connectivity index (χ3v) is 2.40. The first-order valence-electron chi connectivity index (χ1n) is 5.74. The molecule has 0 heterocycles. The Bertz CT molecular complexity index is 350. The molecule has 16 heavy (non-hydrogen) atoms. The Morgan fingerprint density at radius 3 is 2.88 bits per heavy atom. The van der Waals surface area contributed by atoms with E-state index < -0.39 is 0 Å². The maximum atomic E-state index is 10.9. The van der Waals surface area contributed by atoms with Crippen molar-refractivity contribution in [3.63, 3.8) is 0 Å². The van der Waals surface area contributed by atoms with Crippen LogP contribution in [0.1, 0.15) is 32.3 Å². The normalized spacial score (nSPS) is 12.2. The van der Waals surface area contributed by atoms with Gasteiger partial charge in [-0.25, -0.2) is 0 Å². The lowest BCUT2D eigenvalue weighted by Crippen LogP contribution is -2.22. The first kappa shape index (κ1) is 12.7. The number of carbonyl (C=O) groups excluding carboxylic acids is 1. The van der Waals surface area contributed by atoms with Crippen LogP contribution in [-0.2, 0) is 11.2 Å². The second kappa shape index (κ2) is 6.28. The Balaban J connectivity index is 2.63. The van der Waals surface area contributed by atoms with E-state index in [0.717, 1.165) is 24.9 Å². The van der Waals surface area contributed by atoms with Gasteiger partial charge in [0, 0.05) is 18.7 Å². The van der Waals surface area contributed by atoms with Crippen LogP contribution in [0.2, 0.25) is 0 Å². The zero-order chi connectivity index (χ0) is 12.0. The minimum absolute atomic E-state index is 0.0463. The molecule has 0 aromatic heterocycles. The van der Waals surface area contributed by atoms with E-state index in [1.165, 1.54) is 12.5 Å². The lowest BCUT2D eigenvalue weighted by atomic mass is 10.0. The molecule has 0 fully saturated rings. The summed E-state index contributed by atoms with van der Waals surface area (Å²) in [5, 5.41) is 2.77. The van der Waals surface area contributed by atoms with Gasteiger partial charge in [0.05, 0.1) is 0 Å². The van der Waals surface area contributed by atoms with E-state index in [1.54, 1.807) is 0 Å². The van der Waals surface area contributed by atoms with E-state index in [2.05, 4.69) is 12.2 Å². The van der Waals surface area contributed by atoms with Gasteiger partial charge in [0.15, 0.2) is 0 Å². The Labute approximate surface area is 97.0 Å². The summed E-state index contributed by atoms with van der Waals surface area (Å²) in [7, 11) is 0. The minimum Gasteiger partial charge on any atom is -0.327 e. The van der Waals surface area contributed by atoms with Crippen LogP contribution in [0.5, 0.6) is 0 Å². The average Bonchev–Trinajstić information content (AvgIpc) is 2.17. The number of carbonyl (C=O) groups is 1. The van der Waals surface area contributed by atoms with Gasteiger partial charge in [0.2, 0.25) is 5.91 Å². The Kier molecular flexibility index (Phi) is 4.99. The quantitative estimate of drug-likeness (QED) is 0.800. The minimum atomic E-state index is -0.0463. The second-order valence-electron chi connectivity index (χ2n) is 4.13. The van der Waals surface area contributed by atoms with Crippen LogP contribution in [0.4, 0.5) is 5.69 Å². The number of anilines is 1. The van der Waals surface area contributed by atoms with Crippen molar-refractivity contribution in [3.05, 3.63) is 29.8 Å². The molecule has 0 spiro atoms. The largest absolute Gasteiger partial charge is 0.327 e. The number of hydrogen-bond donors (Lipinski definition) is 2. The van der Waals surface area contributed by atoms with E-state index in [1.807, 2.05) is 24.3 Å². The molecule has 0 radical (unpaired) electrons. The van der Waals surface area contributed by atoms with Crippen LogP contribution >= 0.6 is 0 Å². The zero-order valence-electron chi connectivity index (χ0n) is 9.99. The number of nitrogens with two attached hydrogens (primary N) is 1. The molecule has 0 aliphatic carbocycles. The van der Waals surface area contributed by atoms with Crippen molar-refractivity contribution in [2.75, 3.05) is 5.32 Å². The van der Waals surface area contributed by atoms with Crippen LogP contribution in [0.25, 0.3) is 0 Å². The third-order valence-electron chi connectivity index (χ3n) is 2.40. The molecular weight excluding hydrogens is 200 g/mol. The summed E-state index contributed by atoms with van der Waals surface area (Å²) in [6, 6.07) is 8.06. The van der Waals surface area contributed by atoms with E-state index in [9.17, 15) is 4.79 Å². The highest BCUT2D eigenvalue weighted by Crippen LogP contribution is 2.13. The SMILES string of the molecule is CCCC(N)Cc1cccc(NC(C)=O)c1. The smallest absolute Gasteiger partial charge is 0.221 e. The highest BCUT2D eigenvalue weighted by atomic mass is 16.1. The van der Waals surface area contributed by atoms with Crippen LogP contribution in [0, 0.1) is 0 Å². The predicted octanol–water partition coefficient (Wildman–Crippen LogP) is 2.31. The molecule has 3 heteroatoms. The van der Waals surface area contributed by atoms with Gasteiger partial charge in [-0.05, 0) is 30.5 Å². The fourth-order valence-corrected chi connectivity index (χ4v) is 1.75. The zero-order valence-corrected chi connectivity index (χ0v) is 9.99. The lowest BCUT2D eigenvalue weighted by molar-refractivity contribution is -0.114. The summed E-state index contributed by atoms with van der Waals surface area (Å²) >= 11 is 0. The first-order valence-corrected chi connectivity index (χ1v) is 5.74. The van der Waals surface area contributed by atoms with Crippen molar-refractivity contribution in [2.24, 2.45) is 5.73 Å². The Morgan fingerprint density at radius 2 is 2.25 bits per heavy atom. The van der Waals surface area contributed by atoms with Gasteiger partial charge in [-0.3, -0.25) is 4.79 Å². The maximum absolute atomic E-state index is 10.9. The van der Waals surface area contributed by atoms with Gasteiger partial charge >= 0.3 is 0 Å². The molecule has 1 aromatic rings. The van der Waals surface area contributed by atoms with Crippen LogP contribution in [0.3, 0.4) is 0 Å². The van der Waals surface area contributed by atoms with Crippen molar-refractivity contribution < 1.29 is 4.79 Å². The standard InChI is InChI=1S/C13H20N2O/c1-3-5-12(14)8-11-6-4-7-13(9-11)15-10(2)16/h4,6-7,9,12H,3,5,8,14H2,1-2H3,(H,15,16). The van der Waals surface area contributed by atoms with Crippen LogP contribution in [0.15, 0.2) is 24.3 Å². The molecule has 0 saturated carbocycles. The Morgan fingerprint density at radius 1 is 1.50 bits per heavy atom. The number of nitrogens with one attached hydrogen (secondary N) is 1. The van der Waals surface area contributed by atoms with Crippen molar-refractivity contribution in [3.8, 4) is 0 Å². The fourth-order valence-electron chi connectivity index (χ4n) is 1.75. The summed E-state index contributed by atoms with van der Waals surface area (Å²) in [6.45, 7) is 3.64. The van der Waals surface area contributed by atoms with Crippen LogP contribution < -0.4 is 11.1 Å². The number of hydrogen-bond acceptors (Lipinski definition) is 2.